The van der Waals surface area contributed by atoms with Crippen LogP contribution in [0.5, 0.6) is 0 Å². The first-order valence-electron chi connectivity index (χ1n) is 10.3. The first-order chi connectivity index (χ1) is 14.2. The van der Waals surface area contributed by atoms with Crippen molar-refractivity contribution in [2.75, 3.05) is 19.6 Å². The number of furan rings is 1. The van der Waals surface area contributed by atoms with Crippen molar-refractivity contribution in [3.05, 3.63) is 65.9 Å². The zero-order valence-electron chi connectivity index (χ0n) is 16.7. The maximum atomic E-state index is 13.3. The summed E-state index contributed by atoms with van der Waals surface area (Å²) in [5.74, 6) is 1.49. The standard InChI is InChI=1S/C23H26N4O2/c1-16-21(25-15-24-16)14-26-11-17-4-9-20(13-26)27(12-17)23(28)19-7-5-18(6-8-19)22-3-2-10-29-22/h2-3,5-8,10,15,17,20H,4,9,11-14H2,1H3,(H,24,25). The SMILES string of the molecule is Cc1[nH]cnc1CN1CC2CCC(C1)N(C(=O)c1ccc(-c3ccco3)cc1)C2. The fourth-order valence-corrected chi connectivity index (χ4v) is 4.70. The normalized spacial score (nSPS) is 22.0. The van der Waals surface area contributed by atoms with E-state index in [1.54, 1.807) is 12.6 Å². The highest BCUT2D eigenvalue weighted by Gasteiger charge is 2.37. The van der Waals surface area contributed by atoms with Gasteiger partial charge in [0.25, 0.3) is 5.91 Å². The van der Waals surface area contributed by atoms with Crippen LogP contribution >= 0.6 is 0 Å². The molecule has 3 aliphatic rings. The van der Waals surface area contributed by atoms with E-state index in [0.29, 0.717) is 5.92 Å². The summed E-state index contributed by atoms with van der Waals surface area (Å²) in [4.78, 5) is 25.5. The molecule has 6 rings (SSSR count). The highest BCUT2D eigenvalue weighted by atomic mass is 16.3. The number of hydrogen-bond donors (Lipinski definition) is 1. The van der Waals surface area contributed by atoms with Gasteiger partial charge in [0.05, 0.1) is 18.3 Å². The van der Waals surface area contributed by atoms with Gasteiger partial charge in [0, 0.05) is 49.0 Å². The predicted molar refractivity (Wildman–Crippen MR) is 110 cm³/mol. The van der Waals surface area contributed by atoms with Crippen LogP contribution in [0.3, 0.4) is 0 Å². The molecule has 1 aromatic carbocycles. The maximum absolute atomic E-state index is 13.3. The molecule has 6 nitrogen and oxygen atoms in total. The van der Waals surface area contributed by atoms with E-state index in [1.807, 2.05) is 36.4 Å². The predicted octanol–water partition coefficient (Wildman–Crippen LogP) is 3.71. The zero-order valence-corrected chi connectivity index (χ0v) is 16.7. The lowest BCUT2D eigenvalue weighted by Gasteiger charge is -2.36. The molecule has 3 fully saturated rings. The van der Waals surface area contributed by atoms with Crippen LogP contribution in [0, 0.1) is 12.8 Å². The summed E-state index contributed by atoms with van der Waals surface area (Å²) in [6, 6.07) is 11.8. The fraction of sp³-hybridized carbons (Fsp3) is 0.391. The van der Waals surface area contributed by atoms with E-state index in [0.717, 1.165) is 60.9 Å². The monoisotopic (exact) mass is 390 g/mol. The minimum atomic E-state index is 0.142. The van der Waals surface area contributed by atoms with Gasteiger partial charge in [0.2, 0.25) is 0 Å². The van der Waals surface area contributed by atoms with Gasteiger partial charge in [-0.25, -0.2) is 4.98 Å². The van der Waals surface area contributed by atoms with Gasteiger partial charge in [0.1, 0.15) is 5.76 Å². The molecule has 3 saturated heterocycles. The number of amides is 1. The van der Waals surface area contributed by atoms with Crippen LogP contribution in [0.25, 0.3) is 11.3 Å². The molecule has 1 N–H and O–H groups in total. The summed E-state index contributed by atoms with van der Waals surface area (Å²) >= 11 is 0. The molecule has 2 unspecified atom stereocenters. The average Bonchev–Trinajstić information content (AvgIpc) is 3.33. The molecule has 29 heavy (non-hydrogen) atoms. The molecule has 5 heterocycles. The van der Waals surface area contributed by atoms with Crippen LogP contribution in [0.2, 0.25) is 0 Å². The zero-order chi connectivity index (χ0) is 19.8. The Morgan fingerprint density at radius 1 is 1.17 bits per heavy atom. The summed E-state index contributed by atoms with van der Waals surface area (Å²) in [6.07, 6.45) is 5.71. The number of aromatic amines is 1. The molecule has 150 valence electrons. The van der Waals surface area contributed by atoms with Crippen LogP contribution in [-0.2, 0) is 6.54 Å². The van der Waals surface area contributed by atoms with Gasteiger partial charge < -0.3 is 14.3 Å². The number of carbonyl (C=O) groups excluding carboxylic acids is 1. The summed E-state index contributed by atoms with van der Waals surface area (Å²) in [6.45, 7) is 5.71. The minimum Gasteiger partial charge on any atom is -0.464 e. The third-order valence-corrected chi connectivity index (χ3v) is 6.30. The molecular weight excluding hydrogens is 364 g/mol. The number of imidazole rings is 1. The van der Waals surface area contributed by atoms with Gasteiger partial charge >= 0.3 is 0 Å². The topological polar surface area (TPSA) is 65.4 Å². The van der Waals surface area contributed by atoms with Gasteiger partial charge in [0.15, 0.2) is 0 Å². The number of benzene rings is 1. The Labute approximate surface area is 170 Å². The van der Waals surface area contributed by atoms with Crippen molar-refractivity contribution in [1.82, 2.24) is 19.8 Å². The number of aromatic nitrogens is 2. The van der Waals surface area contributed by atoms with Crippen molar-refractivity contribution in [1.29, 1.82) is 0 Å². The van der Waals surface area contributed by atoms with Crippen LogP contribution in [0.1, 0.15) is 34.6 Å². The number of nitrogens with zero attached hydrogens (tertiary/aromatic N) is 3. The summed E-state index contributed by atoms with van der Waals surface area (Å²) in [5.41, 5.74) is 3.98. The number of hydrogen-bond acceptors (Lipinski definition) is 4. The second kappa shape index (κ2) is 7.52. The van der Waals surface area contributed by atoms with Crippen LogP contribution < -0.4 is 0 Å². The Morgan fingerprint density at radius 3 is 2.76 bits per heavy atom. The van der Waals surface area contributed by atoms with Gasteiger partial charge in [-0.2, -0.15) is 0 Å². The molecule has 0 aliphatic carbocycles. The molecular formula is C23H26N4O2. The van der Waals surface area contributed by atoms with E-state index >= 15 is 0 Å². The molecule has 3 aromatic rings. The summed E-state index contributed by atoms with van der Waals surface area (Å²) in [7, 11) is 0. The number of piperidine rings is 1. The molecule has 0 saturated carbocycles. The molecule has 3 aliphatic heterocycles. The van der Waals surface area contributed by atoms with E-state index in [9.17, 15) is 4.79 Å². The first-order valence-corrected chi connectivity index (χ1v) is 10.3. The Balaban J connectivity index is 1.31. The molecule has 6 heteroatoms. The number of fused-ring (bicyclic) bond motifs is 4. The van der Waals surface area contributed by atoms with E-state index in [4.69, 9.17) is 4.42 Å². The van der Waals surface area contributed by atoms with Crippen LogP contribution in [0.15, 0.2) is 53.4 Å². The second-order valence-electron chi connectivity index (χ2n) is 8.28. The van der Waals surface area contributed by atoms with E-state index in [2.05, 4.69) is 26.7 Å². The maximum Gasteiger partial charge on any atom is 0.254 e. The highest BCUT2D eigenvalue weighted by molar-refractivity contribution is 5.95. The van der Waals surface area contributed by atoms with Gasteiger partial charge in [-0.1, -0.05) is 12.1 Å². The highest BCUT2D eigenvalue weighted by Crippen LogP contribution is 2.30. The van der Waals surface area contributed by atoms with Crippen molar-refractivity contribution in [2.45, 2.75) is 32.4 Å². The molecule has 0 spiro atoms. The van der Waals surface area contributed by atoms with Crippen LogP contribution in [0.4, 0.5) is 0 Å². The lowest BCUT2D eigenvalue weighted by Crippen LogP contribution is -2.47. The Hall–Kier alpha value is -2.86. The lowest BCUT2D eigenvalue weighted by molar-refractivity contribution is 0.0585. The van der Waals surface area contributed by atoms with Crippen molar-refractivity contribution in [3.63, 3.8) is 0 Å². The second-order valence-corrected chi connectivity index (χ2v) is 8.28. The average molecular weight is 390 g/mol. The van der Waals surface area contributed by atoms with E-state index in [1.165, 1.54) is 6.42 Å². The largest absolute Gasteiger partial charge is 0.464 e. The van der Waals surface area contributed by atoms with Crippen molar-refractivity contribution in [2.24, 2.45) is 5.92 Å². The van der Waals surface area contributed by atoms with Gasteiger partial charge in [-0.15, -0.1) is 0 Å². The smallest absolute Gasteiger partial charge is 0.254 e. The number of aryl methyl sites for hydroxylation is 1. The molecule has 2 aromatic heterocycles. The van der Waals surface area contributed by atoms with Crippen molar-refractivity contribution < 1.29 is 9.21 Å². The first kappa shape index (κ1) is 18.2. The lowest BCUT2D eigenvalue weighted by atomic mass is 9.94. The van der Waals surface area contributed by atoms with Crippen molar-refractivity contribution in [3.8, 4) is 11.3 Å². The summed E-state index contributed by atoms with van der Waals surface area (Å²) in [5, 5.41) is 0. The third-order valence-electron chi connectivity index (χ3n) is 6.30. The Bertz CT molecular complexity index is 977. The fourth-order valence-electron chi connectivity index (χ4n) is 4.70. The minimum absolute atomic E-state index is 0.142. The number of H-pyrrole nitrogens is 1. The number of carbonyl (C=O) groups is 1. The van der Waals surface area contributed by atoms with Gasteiger partial charge in [-0.3, -0.25) is 9.69 Å². The third kappa shape index (κ3) is 3.60. The molecule has 0 radical (unpaired) electrons. The molecule has 1 amide bonds. The van der Waals surface area contributed by atoms with E-state index < -0.39 is 0 Å². The Morgan fingerprint density at radius 2 is 2.03 bits per heavy atom. The number of rotatable bonds is 4. The summed E-state index contributed by atoms with van der Waals surface area (Å²) < 4.78 is 5.45. The number of nitrogens with one attached hydrogen (secondary N) is 1. The Kier molecular flexibility index (Phi) is 4.72. The molecule has 2 bridgehead atoms. The van der Waals surface area contributed by atoms with Gasteiger partial charge in [-0.05, 0) is 49.9 Å². The van der Waals surface area contributed by atoms with Crippen molar-refractivity contribution >= 4 is 5.91 Å². The van der Waals surface area contributed by atoms with E-state index in [-0.39, 0.29) is 11.9 Å². The van der Waals surface area contributed by atoms with Crippen LogP contribution in [-0.4, -0.2) is 51.4 Å². The molecule has 2 atom stereocenters. The quantitative estimate of drug-likeness (QED) is 0.737.